The fourth-order valence-corrected chi connectivity index (χ4v) is 1.06. The minimum atomic E-state index is 0.603. The third-order valence-electron chi connectivity index (χ3n) is 1.70. The summed E-state index contributed by atoms with van der Waals surface area (Å²) in [7, 11) is 0. The molecule has 1 heterocycles. The van der Waals surface area contributed by atoms with Crippen molar-refractivity contribution in [1.29, 1.82) is 0 Å². The van der Waals surface area contributed by atoms with Gasteiger partial charge in [0.2, 0.25) is 0 Å². The maximum absolute atomic E-state index is 4.22. The summed E-state index contributed by atoms with van der Waals surface area (Å²) < 4.78 is 0. The van der Waals surface area contributed by atoms with E-state index in [0.717, 1.165) is 11.5 Å². The molecule has 2 rings (SSSR count). The van der Waals surface area contributed by atoms with E-state index in [0.29, 0.717) is 5.82 Å². The fraction of sp³-hybridized carbons (Fsp3) is 0.100. The molecule has 0 bridgehead atoms. The third kappa shape index (κ3) is 2.04. The molecule has 0 aliphatic carbocycles. The molecule has 0 atom stereocenters. The smallest absolute Gasteiger partial charge is 0.192 e. The highest BCUT2D eigenvalue weighted by atomic mass is 15.2. The normalized spacial score (nSPS) is 10.9. The van der Waals surface area contributed by atoms with Crippen LogP contribution in [0.25, 0.3) is 0 Å². The van der Waals surface area contributed by atoms with Gasteiger partial charge in [0.15, 0.2) is 5.82 Å². The Hall–Kier alpha value is -1.97. The molecule has 1 aromatic heterocycles. The molecule has 4 nitrogen and oxygen atoms in total. The van der Waals surface area contributed by atoms with Crippen molar-refractivity contribution < 1.29 is 0 Å². The van der Waals surface area contributed by atoms with Crippen LogP contribution in [0.3, 0.4) is 0 Å². The number of hydrogen-bond donors (Lipinski definition) is 1. The van der Waals surface area contributed by atoms with Crippen molar-refractivity contribution in [2.24, 2.45) is 4.99 Å². The van der Waals surface area contributed by atoms with Crippen LogP contribution in [-0.2, 0) is 0 Å². The van der Waals surface area contributed by atoms with Crippen molar-refractivity contribution >= 4 is 11.9 Å². The number of nitrogens with one attached hydrogen (secondary N) is 1. The van der Waals surface area contributed by atoms with Crippen molar-refractivity contribution in [2.45, 2.75) is 6.92 Å². The van der Waals surface area contributed by atoms with Crippen LogP contribution >= 0.6 is 0 Å². The summed E-state index contributed by atoms with van der Waals surface area (Å²) in [5.41, 5.74) is 0.898. The molecule has 2 aromatic rings. The lowest BCUT2D eigenvalue weighted by atomic mass is 10.3. The monoisotopic (exact) mass is 186 g/mol. The van der Waals surface area contributed by atoms with Crippen LogP contribution in [-0.4, -0.2) is 21.4 Å². The molecule has 0 saturated carbocycles. The number of H-pyrrole nitrogens is 1. The van der Waals surface area contributed by atoms with Gasteiger partial charge in [-0.15, -0.1) is 0 Å². The second-order valence-corrected chi connectivity index (χ2v) is 2.87. The van der Waals surface area contributed by atoms with E-state index in [1.807, 2.05) is 37.3 Å². The third-order valence-corrected chi connectivity index (χ3v) is 1.70. The van der Waals surface area contributed by atoms with E-state index in [-0.39, 0.29) is 0 Å². The predicted octanol–water partition coefficient (Wildman–Crippen LogP) is 1.86. The van der Waals surface area contributed by atoms with Gasteiger partial charge in [-0.05, 0) is 19.1 Å². The molecule has 0 aliphatic rings. The molecule has 0 saturated heterocycles. The van der Waals surface area contributed by atoms with E-state index in [2.05, 4.69) is 20.2 Å². The summed E-state index contributed by atoms with van der Waals surface area (Å²) in [6.07, 6.45) is 1.64. The zero-order chi connectivity index (χ0) is 9.80. The summed E-state index contributed by atoms with van der Waals surface area (Å²) in [6.45, 7) is 1.85. The number of aromatic nitrogens is 3. The number of nitrogens with zero attached hydrogens (tertiary/aromatic N) is 3. The summed E-state index contributed by atoms with van der Waals surface area (Å²) in [6, 6.07) is 9.69. The zero-order valence-corrected chi connectivity index (χ0v) is 7.81. The van der Waals surface area contributed by atoms with Crippen molar-refractivity contribution in [1.82, 2.24) is 15.2 Å². The Morgan fingerprint density at radius 3 is 2.71 bits per heavy atom. The molecule has 1 N–H and O–H groups in total. The number of aromatic amines is 1. The molecular formula is C10H10N4. The van der Waals surface area contributed by atoms with Crippen LogP contribution < -0.4 is 0 Å². The van der Waals surface area contributed by atoms with Crippen molar-refractivity contribution in [3.05, 3.63) is 42.0 Å². The van der Waals surface area contributed by atoms with E-state index in [4.69, 9.17) is 0 Å². The van der Waals surface area contributed by atoms with Crippen molar-refractivity contribution in [2.75, 3.05) is 0 Å². The molecule has 4 heteroatoms. The number of hydrogen-bond acceptors (Lipinski definition) is 3. The predicted molar refractivity (Wildman–Crippen MR) is 54.8 cm³/mol. The van der Waals surface area contributed by atoms with Crippen LogP contribution in [0.5, 0.6) is 0 Å². The number of rotatable bonds is 2. The number of aryl methyl sites for hydroxylation is 1. The van der Waals surface area contributed by atoms with Gasteiger partial charge in [0.25, 0.3) is 0 Å². The molecule has 14 heavy (non-hydrogen) atoms. The van der Waals surface area contributed by atoms with E-state index in [9.17, 15) is 0 Å². The van der Waals surface area contributed by atoms with Gasteiger partial charge in [-0.3, -0.25) is 10.1 Å². The van der Waals surface area contributed by atoms with Crippen LogP contribution in [0.2, 0.25) is 0 Å². The lowest BCUT2D eigenvalue weighted by Crippen LogP contribution is -1.83. The summed E-state index contributed by atoms with van der Waals surface area (Å²) in [5.74, 6) is 1.39. The molecule has 0 aliphatic heterocycles. The second kappa shape index (κ2) is 3.83. The van der Waals surface area contributed by atoms with Gasteiger partial charge in [-0.25, -0.2) is 4.98 Å². The van der Waals surface area contributed by atoms with Crippen LogP contribution in [0.1, 0.15) is 11.6 Å². The van der Waals surface area contributed by atoms with Gasteiger partial charge in [0, 0.05) is 0 Å². The lowest BCUT2D eigenvalue weighted by Gasteiger charge is -1.88. The van der Waals surface area contributed by atoms with E-state index in [1.165, 1.54) is 0 Å². The first-order valence-electron chi connectivity index (χ1n) is 4.33. The zero-order valence-electron chi connectivity index (χ0n) is 7.81. The molecule has 70 valence electrons. The summed E-state index contributed by atoms with van der Waals surface area (Å²) in [5, 5.41) is 6.70. The standard InChI is InChI=1S/C10H10N4/c1-8-12-10(14-13-8)7-11-9-5-3-2-4-6-9/h2-7H,1H3,(H,12,13,14). The van der Waals surface area contributed by atoms with E-state index < -0.39 is 0 Å². The maximum atomic E-state index is 4.22. The highest BCUT2D eigenvalue weighted by molar-refractivity contribution is 5.77. The average Bonchev–Trinajstić information content (AvgIpc) is 2.63. The van der Waals surface area contributed by atoms with Crippen LogP contribution in [0.15, 0.2) is 35.3 Å². The molecule has 0 unspecified atom stereocenters. The highest BCUT2D eigenvalue weighted by Gasteiger charge is 1.93. The molecule has 0 fully saturated rings. The maximum Gasteiger partial charge on any atom is 0.192 e. The Morgan fingerprint density at radius 1 is 1.29 bits per heavy atom. The molecule has 0 spiro atoms. The first-order chi connectivity index (χ1) is 6.84. The Kier molecular flexibility index (Phi) is 2.36. The Balaban J connectivity index is 2.15. The average molecular weight is 186 g/mol. The minimum absolute atomic E-state index is 0.603. The quantitative estimate of drug-likeness (QED) is 0.728. The fourth-order valence-electron chi connectivity index (χ4n) is 1.06. The van der Waals surface area contributed by atoms with Gasteiger partial charge in [-0.2, -0.15) is 5.10 Å². The second-order valence-electron chi connectivity index (χ2n) is 2.87. The van der Waals surface area contributed by atoms with Gasteiger partial charge in [-0.1, -0.05) is 18.2 Å². The molecule has 0 amide bonds. The Labute approximate surface area is 81.7 Å². The molecule has 1 aromatic carbocycles. The first-order valence-corrected chi connectivity index (χ1v) is 4.33. The lowest BCUT2D eigenvalue weighted by molar-refractivity contribution is 1.03. The number of para-hydroxylation sites is 1. The highest BCUT2D eigenvalue weighted by Crippen LogP contribution is 2.08. The number of aliphatic imine (C=N–C) groups is 1. The van der Waals surface area contributed by atoms with Gasteiger partial charge in [0.05, 0.1) is 11.9 Å². The van der Waals surface area contributed by atoms with Crippen molar-refractivity contribution in [3.8, 4) is 0 Å². The first kappa shape index (κ1) is 8.62. The van der Waals surface area contributed by atoms with Gasteiger partial charge < -0.3 is 0 Å². The minimum Gasteiger partial charge on any atom is -0.263 e. The number of benzene rings is 1. The van der Waals surface area contributed by atoms with Gasteiger partial charge >= 0.3 is 0 Å². The molecule has 0 radical (unpaired) electrons. The van der Waals surface area contributed by atoms with E-state index in [1.54, 1.807) is 6.21 Å². The molecular weight excluding hydrogens is 176 g/mol. The van der Waals surface area contributed by atoms with Crippen molar-refractivity contribution in [3.63, 3.8) is 0 Å². The summed E-state index contributed by atoms with van der Waals surface area (Å²) in [4.78, 5) is 8.33. The van der Waals surface area contributed by atoms with E-state index >= 15 is 0 Å². The summed E-state index contributed by atoms with van der Waals surface area (Å²) >= 11 is 0. The van der Waals surface area contributed by atoms with Gasteiger partial charge in [0.1, 0.15) is 5.82 Å². The largest absolute Gasteiger partial charge is 0.263 e. The Morgan fingerprint density at radius 2 is 2.07 bits per heavy atom. The SMILES string of the molecule is Cc1nc(C=Nc2ccccc2)n[nH]1. The van der Waals surface area contributed by atoms with Crippen LogP contribution in [0, 0.1) is 6.92 Å². The Bertz CT molecular complexity index is 430. The van der Waals surface area contributed by atoms with Crippen LogP contribution in [0.4, 0.5) is 5.69 Å². The topological polar surface area (TPSA) is 53.9 Å².